The standard InChI is InChI=1S/C11H17BrN2O/c1-8-6-9(12)10(13-7-8)14-11(2,3)4-5-15/h6-7,15H,4-5H2,1-3H3,(H,13,14). The van der Waals surface area contributed by atoms with Gasteiger partial charge in [0.25, 0.3) is 0 Å². The van der Waals surface area contributed by atoms with Crippen LogP contribution in [0.15, 0.2) is 16.7 Å². The number of hydrogen-bond acceptors (Lipinski definition) is 3. The Balaban J connectivity index is 2.80. The summed E-state index contributed by atoms with van der Waals surface area (Å²) in [5, 5.41) is 12.2. The Morgan fingerprint density at radius 2 is 2.20 bits per heavy atom. The molecule has 15 heavy (non-hydrogen) atoms. The van der Waals surface area contributed by atoms with E-state index in [9.17, 15) is 0 Å². The molecular formula is C11H17BrN2O. The second-order valence-corrected chi connectivity index (χ2v) is 5.18. The molecule has 0 unspecified atom stereocenters. The van der Waals surface area contributed by atoms with Gasteiger partial charge in [0, 0.05) is 18.3 Å². The van der Waals surface area contributed by atoms with Gasteiger partial charge in [0.2, 0.25) is 0 Å². The Labute approximate surface area is 99.1 Å². The van der Waals surface area contributed by atoms with E-state index in [4.69, 9.17) is 5.11 Å². The van der Waals surface area contributed by atoms with Crippen LogP contribution in [0, 0.1) is 6.92 Å². The summed E-state index contributed by atoms with van der Waals surface area (Å²) in [7, 11) is 0. The number of aliphatic hydroxyl groups is 1. The summed E-state index contributed by atoms with van der Waals surface area (Å²) in [6.45, 7) is 6.25. The third kappa shape index (κ3) is 3.80. The topological polar surface area (TPSA) is 45.2 Å². The quantitative estimate of drug-likeness (QED) is 0.886. The normalized spacial score (nSPS) is 11.5. The zero-order valence-corrected chi connectivity index (χ0v) is 10.9. The van der Waals surface area contributed by atoms with Crippen molar-refractivity contribution in [3.63, 3.8) is 0 Å². The Morgan fingerprint density at radius 1 is 1.53 bits per heavy atom. The predicted octanol–water partition coefficient (Wildman–Crippen LogP) is 2.73. The summed E-state index contributed by atoms with van der Waals surface area (Å²) in [5.41, 5.74) is 0.965. The van der Waals surface area contributed by atoms with Gasteiger partial charge in [-0.1, -0.05) is 0 Å². The van der Waals surface area contributed by atoms with Crippen molar-refractivity contribution in [2.75, 3.05) is 11.9 Å². The molecule has 0 spiro atoms. The van der Waals surface area contributed by atoms with E-state index in [1.54, 1.807) is 0 Å². The molecule has 0 aliphatic rings. The number of rotatable bonds is 4. The second kappa shape index (κ2) is 4.94. The number of nitrogens with one attached hydrogen (secondary N) is 1. The predicted molar refractivity (Wildman–Crippen MR) is 66.1 cm³/mol. The molecular weight excluding hydrogens is 256 g/mol. The lowest BCUT2D eigenvalue weighted by Gasteiger charge is -2.26. The van der Waals surface area contributed by atoms with Crippen LogP contribution >= 0.6 is 15.9 Å². The maximum absolute atomic E-state index is 8.92. The van der Waals surface area contributed by atoms with Crippen molar-refractivity contribution < 1.29 is 5.11 Å². The summed E-state index contributed by atoms with van der Waals surface area (Å²) >= 11 is 3.46. The highest BCUT2D eigenvalue weighted by molar-refractivity contribution is 9.10. The molecule has 0 radical (unpaired) electrons. The van der Waals surface area contributed by atoms with Crippen LogP contribution in [-0.4, -0.2) is 22.2 Å². The largest absolute Gasteiger partial charge is 0.396 e. The van der Waals surface area contributed by atoms with E-state index < -0.39 is 0 Å². The van der Waals surface area contributed by atoms with Crippen molar-refractivity contribution in [1.29, 1.82) is 0 Å². The average Bonchev–Trinajstić information content (AvgIpc) is 2.09. The fourth-order valence-electron chi connectivity index (χ4n) is 1.29. The molecule has 0 aliphatic carbocycles. The van der Waals surface area contributed by atoms with E-state index in [1.807, 2.05) is 33.0 Å². The Hall–Kier alpha value is -0.610. The number of pyridine rings is 1. The molecule has 0 saturated carbocycles. The molecule has 0 fully saturated rings. The molecule has 1 heterocycles. The summed E-state index contributed by atoms with van der Waals surface area (Å²) < 4.78 is 0.952. The Morgan fingerprint density at radius 3 is 2.73 bits per heavy atom. The lowest BCUT2D eigenvalue weighted by atomic mass is 10.0. The molecule has 84 valence electrons. The summed E-state index contributed by atoms with van der Waals surface area (Å²) in [6.07, 6.45) is 2.51. The molecule has 0 saturated heterocycles. The molecule has 0 amide bonds. The first kappa shape index (κ1) is 12.5. The number of hydrogen-bond donors (Lipinski definition) is 2. The van der Waals surface area contributed by atoms with E-state index in [0.717, 1.165) is 15.9 Å². The monoisotopic (exact) mass is 272 g/mol. The van der Waals surface area contributed by atoms with E-state index in [0.29, 0.717) is 6.42 Å². The van der Waals surface area contributed by atoms with E-state index >= 15 is 0 Å². The SMILES string of the molecule is Cc1cnc(NC(C)(C)CCO)c(Br)c1. The molecule has 4 heteroatoms. The van der Waals surface area contributed by atoms with Gasteiger partial charge >= 0.3 is 0 Å². The smallest absolute Gasteiger partial charge is 0.140 e. The first-order valence-electron chi connectivity index (χ1n) is 4.96. The second-order valence-electron chi connectivity index (χ2n) is 4.33. The van der Waals surface area contributed by atoms with Crippen LogP contribution in [0.1, 0.15) is 25.8 Å². The highest BCUT2D eigenvalue weighted by Crippen LogP contribution is 2.24. The lowest BCUT2D eigenvalue weighted by molar-refractivity contribution is 0.260. The van der Waals surface area contributed by atoms with Crippen LogP contribution in [0.3, 0.4) is 0 Å². The fourth-order valence-corrected chi connectivity index (χ4v) is 1.85. The zero-order chi connectivity index (χ0) is 11.5. The van der Waals surface area contributed by atoms with Crippen molar-refractivity contribution >= 4 is 21.7 Å². The van der Waals surface area contributed by atoms with Gasteiger partial charge < -0.3 is 10.4 Å². The van der Waals surface area contributed by atoms with Crippen molar-refractivity contribution in [1.82, 2.24) is 4.98 Å². The minimum absolute atomic E-state index is 0.153. The number of aromatic nitrogens is 1. The van der Waals surface area contributed by atoms with Gasteiger partial charge in [-0.25, -0.2) is 4.98 Å². The van der Waals surface area contributed by atoms with Crippen molar-refractivity contribution in [3.8, 4) is 0 Å². The molecule has 2 N–H and O–H groups in total. The van der Waals surface area contributed by atoms with E-state index in [-0.39, 0.29) is 12.1 Å². The maximum atomic E-state index is 8.92. The first-order valence-corrected chi connectivity index (χ1v) is 5.75. The first-order chi connectivity index (χ1) is 6.94. The van der Waals surface area contributed by atoms with Gasteiger partial charge in [0.1, 0.15) is 5.82 Å². The molecule has 0 bridgehead atoms. The highest BCUT2D eigenvalue weighted by atomic mass is 79.9. The van der Waals surface area contributed by atoms with E-state index in [2.05, 4.69) is 26.2 Å². The molecule has 1 rings (SSSR count). The Bertz CT molecular complexity index is 339. The minimum atomic E-state index is -0.153. The van der Waals surface area contributed by atoms with Crippen LogP contribution in [0.4, 0.5) is 5.82 Å². The van der Waals surface area contributed by atoms with Crippen LogP contribution in [0.25, 0.3) is 0 Å². The van der Waals surface area contributed by atoms with Gasteiger partial charge in [0.05, 0.1) is 4.47 Å². The van der Waals surface area contributed by atoms with Crippen molar-refractivity contribution in [2.24, 2.45) is 0 Å². The summed E-state index contributed by atoms with van der Waals surface area (Å²) in [4.78, 5) is 4.31. The zero-order valence-electron chi connectivity index (χ0n) is 9.34. The van der Waals surface area contributed by atoms with Gasteiger partial charge in [-0.3, -0.25) is 0 Å². The van der Waals surface area contributed by atoms with Crippen LogP contribution in [0.5, 0.6) is 0 Å². The number of aliphatic hydroxyl groups excluding tert-OH is 1. The van der Waals surface area contributed by atoms with Gasteiger partial charge in [-0.15, -0.1) is 0 Å². The third-order valence-corrected chi connectivity index (χ3v) is 2.78. The number of anilines is 1. The average molecular weight is 273 g/mol. The van der Waals surface area contributed by atoms with E-state index in [1.165, 1.54) is 0 Å². The third-order valence-electron chi connectivity index (χ3n) is 2.17. The van der Waals surface area contributed by atoms with Gasteiger partial charge in [-0.05, 0) is 54.8 Å². The number of aryl methyl sites for hydroxylation is 1. The lowest BCUT2D eigenvalue weighted by Crippen LogP contribution is -2.32. The molecule has 3 nitrogen and oxygen atoms in total. The summed E-state index contributed by atoms with van der Waals surface area (Å²) in [6, 6.07) is 2.02. The fraction of sp³-hybridized carbons (Fsp3) is 0.545. The number of nitrogens with zero attached hydrogens (tertiary/aromatic N) is 1. The van der Waals surface area contributed by atoms with Gasteiger partial charge in [0.15, 0.2) is 0 Å². The van der Waals surface area contributed by atoms with Gasteiger partial charge in [-0.2, -0.15) is 0 Å². The van der Waals surface area contributed by atoms with Crippen molar-refractivity contribution in [3.05, 3.63) is 22.3 Å². The molecule has 1 aromatic heterocycles. The molecule has 0 aromatic carbocycles. The summed E-state index contributed by atoms with van der Waals surface area (Å²) in [5.74, 6) is 0.819. The van der Waals surface area contributed by atoms with Crippen LogP contribution < -0.4 is 5.32 Å². The molecule has 1 aromatic rings. The van der Waals surface area contributed by atoms with Crippen molar-refractivity contribution in [2.45, 2.75) is 32.7 Å². The molecule has 0 aliphatic heterocycles. The highest BCUT2D eigenvalue weighted by Gasteiger charge is 2.18. The van der Waals surface area contributed by atoms with Crippen LogP contribution in [-0.2, 0) is 0 Å². The Kier molecular flexibility index (Phi) is 4.11. The minimum Gasteiger partial charge on any atom is -0.396 e. The maximum Gasteiger partial charge on any atom is 0.140 e. The number of halogens is 1. The molecule has 0 atom stereocenters. The van der Waals surface area contributed by atoms with Crippen LogP contribution in [0.2, 0.25) is 0 Å².